The van der Waals surface area contributed by atoms with Gasteiger partial charge in [0.25, 0.3) is 0 Å². The first-order valence-electron chi connectivity index (χ1n) is 5.28. The molecular weight excluding hydrogens is 212 g/mol. The van der Waals surface area contributed by atoms with Crippen molar-refractivity contribution in [3.05, 3.63) is 0 Å². The van der Waals surface area contributed by atoms with Gasteiger partial charge in [0, 0.05) is 6.92 Å². The molecule has 0 saturated carbocycles. The Balaban J connectivity index is 4.68. The van der Waals surface area contributed by atoms with Gasteiger partial charge in [0.2, 0.25) is 0 Å². The SMILES string of the molecule is CCCOC(=O)C(C)(CC)C(=O)OC(C)=O. The Morgan fingerprint density at radius 2 is 1.69 bits per heavy atom. The fraction of sp³-hybridized carbons (Fsp3) is 0.727. The molecule has 0 rings (SSSR count). The summed E-state index contributed by atoms with van der Waals surface area (Å²) in [5, 5.41) is 0. The van der Waals surface area contributed by atoms with Gasteiger partial charge in [-0.1, -0.05) is 13.8 Å². The molecule has 0 aliphatic rings. The number of rotatable bonds is 5. The summed E-state index contributed by atoms with van der Waals surface area (Å²) in [6.07, 6.45) is 0.898. The van der Waals surface area contributed by atoms with E-state index in [1.165, 1.54) is 6.92 Å². The quantitative estimate of drug-likeness (QED) is 0.528. The Morgan fingerprint density at radius 3 is 2.06 bits per heavy atom. The Kier molecular flexibility index (Phi) is 5.71. The van der Waals surface area contributed by atoms with Crippen molar-refractivity contribution in [3.63, 3.8) is 0 Å². The van der Waals surface area contributed by atoms with Crippen LogP contribution in [-0.2, 0) is 23.9 Å². The second-order valence-electron chi connectivity index (χ2n) is 3.70. The molecule has 0 aromatic heterocycles. The van der Waals surface area contributed by atoms with Crippen molar-refractivity contribution in [2.24, 2.45) is 5.41 Å². The van der Waals surface area contributed by atoms with E-state index in [9.17, 15) is 14.4 Å². The van der Waals surface area contributed by atoms with Gasteiger partial charge in [-0.15, -0.1) is 0 Å². The average molecular weight is 230 g/mol. The summed E-state index contributed by atoms with van der Waals surface area (Å²) in [6, 6.07) is 0. The van der Waals surface area contributed by atoms with E-state index in [-0.39, 0.29) is 13.0 Å². The standard InChI is InChI=1S/C11H18O5/c1-5-7-15-9(13)11(4,6-2)10(14)16-8(3)12/h5-7H2,1-4H3. The van der Waals surface area contributed by atoms with Crippen LogP contribution >= 0.6 is 0 Å². The molecule has 0 aromatic rings. The predicted molar refractivity (Wildman–Crippen MR) is 56.4 cm³/mol. The zero-order valence-corrected chi connectivity index (χ0v) is 10.2. The molecule has 0 heterocycles. The first-order valence-corrected chi connectivity index (χ1v) is 5.28. The van der Waals surface area contributed by atoms with Crippen LogP contribution in [0, 0.1) is 5.41 Å². The van der Waals surface area contributed by atoms with Gasteiger partial charge in [-0.25, -0.2) is 0 Å². The fourth-order valence-corrected chi connectivity index (χ4v) is 0.969. The molecule has 0 aliphatic heterocycles. The lowest BCUT2D eigenvalue weighted by Gasteiger charge is -2.22. The molecule has 0 radical (unpaired) electrons. The summed E-state index contributed by atoms with van der Waals surface area (Å²) in [6.45, 7) is 6.29. The molecule has 1 unspecified atom stereocenters. The Bertz CT molecular complexity index is 284. The molecule has 0 amide bonds. The van der Waals surface area contributed by atoms with E-state index in [1.807, 2.05) is 6.92 Å². The van der Waals surface area contributed by atoms with Crippen LogP contribution in [0.4, 0.5) is 0 Å². The second kappa shape index (κ2) is 6.25. The maximum atomic E-state index is 11.6. The molecule has 0 bridgehead atoms. The minimum absolute atomic E-state index is 0.224. The van der Waals surface area contributed by atoms with Gasteiger partial charge >= 0.3 is 17.9 Å². The molecule has 0 fully saturated rings. The van der Waals surface area contributed by atoms with Crippen LogP contribution in [0.15, 0.2) is 0 Å². The smallest absolute Gasteiger partial charge is 0.330 e. The van der Waals surface area contributed by atoms with E-state index < -0.39 is 23.3 Å². The highest BCUT2D eigenvalue weighted by Gasteiger charge is 2.43. The number of ether oxygens (including phenoxy) is 2. The van der Waals surface area contributed by atoms with Crippen molar-refractivity contribution >= 4 is 17.9 Å². The summed E-state index contributed by atoms with van der Waals surface area (Å²) in [7, 11) is 0. The largest absolute Gasteiger partial charge is 0.465 e. The van der Waals surface area contributed by atoms with Gasteiger partial charge in [-0.2, -0.15) is 0 Å². The third-order valence-corrected chi connectivity index (χ3v) is 2.28. The number of hydrogen-bond acceptors (Lipinski definition) is 5. The lowest BCUT2D eigenvalue weighted by molar-refractivity contribution is -0.175. The number of hydrogen-bond donors (Lipinski definition) is 0. The van der Waals surface area contributed by atoms with Gasteiger partial charge in [0.05, 0.1) is 6.61 Å². The highest BCUT2D eigenvalue weighted by molar-refractivity contribution is 6.02. The van der Waals surface area contributed by atoms with Gasteiger partial charge in [-0.05, 0) is 19.8 Å². The predicted octanol–water partition coefficient (Wildman–Crippen LogP) is 1.45. The van der Waals surface area contributed by atoms with Crippen LogP contribution in [-0.4, -0.2) is 24.5 Å². The summed E-state index contributed by atoms with van der Waals surface area (Å²) >= 11 is 0. The molecule has 0 aromatic carbocycles. The Labute approximate surface area is 95.1 Å². The zero-order chi connectivity index (χ0) is 12.8. The first-order chi connectivity index (χ1) is 7.38. The lowest BCUT2D eigenvalue weighted by Crippen LogP contribution is -2.39. The molecule has 1 atom stereocenters. The van der Waals surface area contributed by atoms with Crippen molar-refractivity contribution < 1.29 is 23.9 Å². The molecule has 0 spiro atoms. The van der Waals surface area contributed by atoms with E-state index >= 15 is 0 Å². The van der Waals surface area contributed by atoms with Crippen LogP contribution in [0.5, 0.6) is 0 Å². The number of esters is 3. The lowest BCUT2D eigenvalue weighted by atomic mass is 9.88. The Hall–Kier alpha value is -1.39. The zero-order valence-electron chi connectivity index (χ0n) is 10.2. The molecular formula is C11H18O5. The normalized spacial score (nSPS) is 13.8. The van der Waals surface area contributed by atoms with E-state index in [4.69, 9.17) is 4.74 Å². The second-order valence-corrected chi connectivity index (χ2v) is 3.70. The van der Waals surface area contributed by atoms with Crippen molar-refractivity contribution in [3.8, 4) is 0 Å². The third-order valence-electron chi connectivity index (χ3n) is 2.28. The topological polar surface area (TPSA) is 69.7 Å². The van der Waals surface area contributed by atoms with Crippen LogP contribution < -0.4 is 0 Å². The average Bonchev–Trinajstić information content (AvgIpc) is 2.23. The summed E-state index contributed by atoms with van der Waals surface area (Å²) in [5.74, 6) is -2.24. The van der Waals surface area contributed by atoms with Crippen molar-refractivity contribution in [1.29, 1.82) is 0 Å². The molecule has 92 valence electrons. The third kappa shape index (κ3) is 3.64. The summed E-state index contributed by atoms with van der Waals surface area (Å²) < 4.78 is 9.33. The van der Waals surface area contributed by atoms with E-state index in [0.717, 1.165) is 6.92 Å². The number of carbonyl (C=O) groups is 3. The highest BCUT2D eigenvalue weighted by Crippen LogP contribution is 2.25. The summed E-state index contributed by atoms with van der Waals surface area (Å²) in [4.78, 5) is 33.9. The van der Waals surface area contributed by atoms with Crippen LogP contribution in [0.25, 0.3) is 0 Å². The molecule has 0 aliphatic carbocycles. The van der Waals surface area contributed by atoms with Gasteiger partial charge in [0.15, 0.2) is 5.41 Å². The summed E-state index contributed by atoms with van der Waals surface area (Å²) in [5.41, 5.74) is -1.40. The molecule has 0 saturated heterocycles. The van der Waals surface area contributed by atoms with Crippen molar-refractivity contribution in [1.82, 2.24) is 0 Å². The van der Waals surface area contributed by atoms with Crippen LogP contribution in [0.1, 0.15) is 40.5 Å². The van der Waals surface area contributed by atoms with Gasteiger partial charge in [-0.3, -0.25) is 14.4 Å². The molecule has 5 heteroatoms. The monoisotopic (exact) mass is 230 g/mol. The van der Waals surface area contributed by atoms with E-state index in [2.05, 4.69) is 4.74 Å². The maximum absolute atomic E-state index is 11.6. The highest BCUT2D eigenvalue weighted by atomic mass is 16.6. The van der Waals surface area contributed by atoms with Crippen LogP contribution in [0.2, 0.25) is 0 Å². The van der Waals surface area contributed by atoms with Crippen molar-refractivity contribution in [2.75, 3.05) is 6.61 Å². The van der Waals surface area contributed by atoms with E-state index in [1.54, 1.807) is 6.92 Å². The first kappa shape index (κ1) is 14.6. The maximum Gasteiger partial charge on any atom is 0.330 e. The molecule has 0 N–H and O–H groups in total. The van der Waals surface area contributed by atoms with Gasteiger partial charge < -0.3 is 9.47 Å². The number of carbonyl (C=O) groups excluding carboxylic acids is 3. The van der Waals surface area contributed by atoms with Crippen LogP contribution in [0.3, 0.4) is 0 Å². The minimum atomic E-state index is -1.40. The Morgan fingerprint density at radius 1 is 1.12 bits per heavy atom. The molecule has 5 nitrogen and oxygen atoms in total. The minimum Gasteiger partial charge on any atom is -0.465 e. The van der Waals surface area contributed by atoms with E-state index in [0.29, 0.717) is 6.42 Å². The molecule has 16 heavy (non-hydrogen) atoms. The van der Waals surface area contributed by atoms with Gasteiger partial charge in [0.1, 0.15) is 0 Å². The fourth-order valence-electron chi connectivity index (χ4n) is 0.969. The van der Waals surface area contributed by atoms with Crippen molar-refractivity contribution in [2.45, 2.75) is 40.5 Å².